The lowest BCUT2D eigenvalue weighted by Gasteiger charge is -2.35. The molecule has 1 saturated heterocycles. The van der Waals surface area contributed by atoms with Crippen molar-refractivity contribution in [3.05, 3.63) is 35.9 Å². The van der Waals surface area contributed by atoms with Gasteiger partial charge >= 0.3 is 0 Å². The molecule has 1 amide bonds. The number of piperidine rings is 1. The van der Waals surface area contributed by atoms with Crippen molar-refractivity contribution in [1.82, 2.24) is 5.06 Å². The molecule has 1 aliphatic rings. The quantitative estimate of drug-likeness (QED) is 0.442. The van der Waals surface area contributed by atoms with Crippen LogP contribution < -0.4 is 0 Å². The molecule has 2 rings (SSSR count). The number of benzene rings is 1. The zero-order chi connectivity index (χ0) is 17.2. The molecule has 2 atom stereocenters. The largest absolute Gasteiger partial charge is 0.286 e. The van der Waals surface area contributed by atoms with Gasteiger partial charge in [-0.15, -0.1) is 0 Å². The number of unbranched alkanes of at least 4 members (excludes halogenated alkanes) is 7. The van der Waals surface area contributed by atoms with E-state index in [0.29, 0.717) is 6.42 Å². The molecular weight excluding hydrogens is 298 g/mol. The van der Waals surface area contributed by atoms with Gasteiger partial charge in [-0.3, -0.25) is 10.0 Å². The van der Waals surface area contributed by atoms with Gasteiger partial charge in [-0.1, -0.05) is 88.6 Å². The number of carbonyl (C=O) groups is 1. The molecule has 0 spiro atoms. The molecular formula is C21H33NO2. The molecule has 1 fully saturated rings. The summed E-state index contributed by atoms with van der Waals surface area (Å²) in [5.74, 6) is 0.126. The lowest BCUT2D eigenvalue weighted by Crippen LogP contribution is -2.43. The second-order valence-corrected chi connectivity index (χ2v) is 7.20. The van der Waals surface area contributed by atoms with Crippen LogP contribution in [-0.2, 0) is 4.79 Å². The summed E-state index contributed by atoms with van der Waals surface area (Å²) < 4.78 is 0. The maximum absolute atomic E-state index is 12.1. The topological polar surface area (TPSA) is 40.5 Å². The minimum absolute atomic E-state index is 0.0171. The average Bonchev–Trinajstić information content (AvgIpc) is 2.61. The highest BCUT2D eigenvalue weighted by atomic mass is 16.5. The van der Waals surface area contributed by atoms with Crippen molar-refractivity contribution < 1.29 is 10.0 Å². The molecule has 1 heterocycles. The Kier molecular flexibility index (Phi) is 8.31. The van der Waals surface area contributed by atoms with Gasteiger partial charge in [0.15, 0.2) is 0 Å². The summed E-state index contributed by atoms with van der Waals surface area (Å²) in [6.07, 6.45) is 12.5. The minimum atomic E-state index is -0.125. The third-order valence-electron chi connectivity index (χ3n) is 5.24. The lowest BCUT2D eigenvalue weighted by atomic mass is 9.84. The maximum atomic E-state index is 12.1. The molecule has 3 heteroatoms. The molecule has 134 valence electrons. The first-order chi connectivity index (χ1) is 11.7. The normalized spacial score (nSPS) is 21.2. The van der Waals surface area contributed by atoms with Crippen molar-refractivity contribution in [3.8, 4) is 0 Å². The number of amides is 1. The van der Waals surface area contributed by atoms with E-state index in [1.807, 2.05) is 18.2 Å². The lowest BCUT2D eigenvalue weighted by molar-refractivity contribution is -0.184. The summed E-state index contributed by atoms with van der Waals surface area (Å²) >= 11 is 0. The van der Waals surface area contributed by atoms with Crippen LogP contribution in [0.15, 0.2) is 30.3 Å². The molecule has 3 nitrogen and oxygen atoms in total. The molecule has 0 bridgehead atoms. The number of nitrogens with zero attached hydrogens (tertiary/aromatic N) is 1. The van der Waals surface area contributed by atoms with E-state index in [4.69, 9.17) is 0 Å². The first-order valence-electron chi connectivity index (χ1n) is 9.78. The first-order valence-corrected chi connectivity index (χ1v) is 9.78. The summed E-state index contributed by atoms with van der Waals surface area (Å²) in [6.45, 7) is 2.24. The van der Waals surface area contributed by atoms with Crippen LogP contribution in [0.5, 0.6) is 0 Å². The summed E-state index contributed by atoms with van der Waals surface area (Å²) in [5.41, 5.74) is 1.22. The summed E-state index contributed by atoms with van der Waals surface area (Å²) in [4.78, 5) is 12.1. The van der Waals surface area contributed by atoms with Gasteiger partial charge in [0, 0.05) is 6.42 Å². The number of hydrogen-bond donors (Lipinski definition) is 1. The van der Waals surface area contributed by atoms with Gasteiger partial charge < -0.3 is 0 Å². The highest BCUT2D eigenvalue weighted by Crippen LogP contribution is 2.33. The number of hydrogen-bond acceptors (Lipinski definition) is 2. The molecule has 1 N–H and O–H groups in total. The third kappa shape index (κ3) is 5.94. The third-order valence-corrected chi connectivity index (χ3v) is 5.24. The van der Waals surface area contributed by atoms with Crippen LogP contribution in [0.4, 0.5) is 0 Å². The van der Waals surface area contributed by atoms with Crippen molar-refractivity contribution >= 4 is 5.91 Å². The number of hydroxylamine groups is 2. The van der Waals surface area contributed by atoms with Crippen molar-refractivity contribution in [2.75, 3.05) is 0 Å². The Balaban J connectivity index is 1.71. The molecule has 1 aromatic rings. The van der Waals surface area contributed by atoms with Crippen LogP contribution in [0.2, 0.25) is 0 Å². The number of rotatable bonds is 10. The number of carbonyl (C=O) groups excluding carboxylic acids is 1. The van der Waals surface area contributed by atoms with Crippen LogP contribution in [0.1, 0.15) is 89.0 Å². The molecule has 0 aromatic heterocycles. The summed E-state index contributed by atoms with van der Waals surface area (Å²) in [7, 11) is 0. The predicted molar refractivity (Wildman–Crippen MR) is 98.1 cm³/mol. The average molecular weight is 332 g/mol. The van der Waals surface area contributed by atoms with Gasteiger partial charge in [-0.25, -0.2) is 5.06 Å². The zero-order valence-corrected chi connectivity index (χ0v) is 15.1. The SMILES string of the molecule is CCCCCCCCCC[C@H]1C[C@H](c2ccccc2)CC(=O)N1O. The zero-order valence-electron chi connectivity index (χ0n) is 15.1. The van der Waals surface area contributed by atoms with Crippen molar-refractivity contribution in [1.29, 1.82) is 0 Å². The maximum Gasteiger partial charge on any atom is 0.246 e. The second-order valence-electron chi connectivity index (χ2n) is 7.20. The van der Waals surface area contributed by atoms with E-state index in [1.54, 1.807) is 0 Å². The molecule has 1 aliphatic heterocycles. The molecule has 1 aromatic carbocycles. The Morgan fingerprint density at radius 2 is 1.62 bits per heavy atom. The smallest absolute Gasteiger partial charge is 0.246 e. The van der Waals surface area contributed by atoms with Crippen molar-refractivity contribution in [2.24, 2.45) is 0 Å². The van der Waals surface area contributed by atoms with E-state index in [9.17, 15) is 10.0 Å². The minimum Gasteiger partial charge on any atom is -0.286 e. The Labute approximate surface area is 147 Å². The molecule has 0 radical (unpaired) electrons. The van der Waals surface area contributed by atoms with E-state index in [2.05, 4.69) is 19.1 Å². The van der Waals surface area contributed by atoms with E-state index in [1.165, 1.54) is 50.5 Å². The van der Waals surface area contributed by atoms with Crippen molar-refractivity contribution in [3.63, 3.8) is 0 Å². The van der Waals surface area contributed by atoms with Crippen LogP contribution in [-0.4, -0.2) is 22.2 Å². The Morgan fingerprint density at radius 3 is 2.29 bits per heavy atom. The van der Waals surface area contributed by atoms with E-state index in [0.717, 1.165) is 24.3 Å². The summed E-state index contributed by atoms with van der Waals surface area (Å²) in [6, 6.07) is 10.2. The fourth-order valence-electron chi connectivity index (χ4n) is 3.75. The van der Waals surface area contributed by atoms with Gasteiger partial charge in [0.2, 0.25) is 5.91 Å². The standard InChI is InChI=1S/C21H33NO2/c1-2-3-4-5-6-7-8-12-15-20-16-19(17-21(23)22(20)24)18-13-10-9-11-14-18/h9-11,13-14,19-20,24H,2-8,12,15-17H2,1H3/t19-,20-/m0/s1. The van der Waals surface area contributed by atoms with E-state index in [-0.39, 0.29) is 17.9 Å². The fourth-order valence-corrected chi connectivity index (χ4v) is 3.75. The van der Waals surface area contributed by atoms with Gasteiger partial charge in [0.25, 0.3) is 0 Å². The molecule has 24 heavy (non-hydrogen) atoms. The van der Waals surface area contributed by atoms with Gasteiger partial charge in [0.1, 0.15) is 0 Å². The van der Waals surface area contributed by atoms with Crippen molar-refractivity contribution in [2.45, 2.75) is 89.5 Å². The van der Waals surface area contributed by atoms with Crippen LogP contribution >= 0.6 is 0 Å². The predicted octanol–water partition coefficient (Wildman–Crippen LogP) is 5.68. The Hall–Kier alpha value is -1.35. The summed E-state index contributed by atoms with van der Waals surface area (Å²) in [5, 5.41) is 11.1. The highest BCUT2D eigenvalue weighted by Gasteiger charge is 2.33. The monoisotopic (exact) mass is 331 g/mol. The Morgan fingerprint density at radius 1 is 1.00 bits per heavy atom. The van der Waals surface area contributed by atoms with E-state index < -0.39 is 0 Å². The first kappa shape index (κ1) is 19.0. The van der Waals surface area contributed by atoms with Crippen LogP contribution in [0.25, 0.3) is 0 Å². The van der Waals surface area contributed by atoms with Gasteiger partial charge in [0.05, 0.1) is 6.04 Å². The molecule has 0 aliphatic carbocycles. The Bertz CT molecular complexity index is 474. The fraction of sp³-hybridized carbons (Fsp3) is 0.667. The molecule has 0 unspecified atom stereocenters. The van der Waals surface area contributed by atoms with Gasteiger partial charge in [-0.05, 0) is 24.3 Å². The second kappa shape index (κ2) is 10.5. The van der Waals surface area contributed by atoms with Crippen LogP contribution in [0.3, 0.4) is 0 Å². The molecule has 0 saturated carbocycles. The van der Waals surface area contributed by atoms with Gasteiger partial charge in [-0.2, -0.15) is 0 Å². The van der Waals surface area contributed by atoms with Crippen LogP contribution in [0, 0.1) is 0 Å². The van der Waals surface area contributed by atoms with E-state index >= 15 is 0 Å². The highest BCUT2D eigenvalue weighted by molar-refractivity contribution is 5.77.